The number of rotatable bonds is 1. The Bertz CT molecular complexity index is 6.00. The minimum absolute atomic E-state index is 1.00. The van der Waals surface area contributed by atoms with Crippen molar-refractivity contribution in [3.63, 3.8) is 0 Å². The summed E-state index contributed by atoms with van der Waals surface area (Å²) < 4.78 is 8.32. The van der Waals surface area contributed by atoms with Crippen molar-refractivity contribution in [3.8, 4) is 0 Å². The van der Waals surface area contributed by atoms with Crippen molar-refractivity contribution in [2.24, 2.45) is 0 Å². The maximum atomic E-state index is 4.16. The van der Waals surface area contributed by atoms with Crippen molar-refractivity contribution in [1.29, 1.82) is 0 Å². The monoisotopic (exact) mass is 450 g/mol. The average molecular weight is 450 g/mol. The molecular formula is O2Po2. The van der Waals surface area contributed by atoms with Gasteiger partial charge in [0.2, 0.25) is 0 Å². The quantitative estimate of drug-likeness (QED) is 0.382. The molecule has 2 radical (unpaired) electrons. The first-order chi connectivity index (χ1) is 1.91. The van der Waals surface area contributed by atoms with Gasteiger partial charge >= 0.3 is 56.9 Å². The summed E-state index contributed by atoms with van der Waals surface area (Å²) in [5.41, 5.74) is 0. The number of hydrogen-bond donors (Lipinski definition) is 0. The summed E-state index contributed by atoms with van der Waals surface area (Å²) in [4.78, 5) is 0. The van der Waals surface area contributed by atoms with E-state index in [0.717, 1.165) is 51.0 Å². The molecule has 0 aromatic carbocycles. The van der Waals surface area contributed by atoms with Gasteiger partial charge in [-0.1, -0.05) is 0 Å². The van der Waals surface area contributed by atoms with Gasteiger partial charge in [-0.25, -0.2) is 0 Å². The first-order valence-corrected chi connectivity index (χ1v) is 3.09. The molecule has 0 spiro atoms. The van der Waals surface area contributed by atoms with Crippen molar-refractivity contribution in [2.45, 2.75) is 0 Å². The van der Waals surface area contributed by atoms with Crippen LogP contribution in [0.2, 0.25) is 0 Å². The van der Waals surface area contributed by atoms with E-state index in [2.05, 4.69) is 5.84 Å². The summed E-state index contributed by atoms with van der Waals surface area (Å²) in [7, 11) is 0. The van der Waals surface area contributed by atoms with Crippen molar-refractivity contribution >= 4 is 51.0 Å². The number of hydrogen-bond acceptors (Lipinski definition) is 2. The first-order valence-electron chi connectivity index (χ1n) is 0.500. The molecule has 2 nitrogen and oxygen atoms in total. The summed E-state index contributed by atoms with van der Waals surface area (Å²) in [5.74, 6) is 0. The van der Waals surface area contributed by atoms with Gasteiger partial charge < -0.3 is 0 Å². The molecule has 0 aromatic rings. The van der Waals surface area contributed by atoms with Crippen LogP contribution in [0.15, 0.2) is 0 Å². The third kappa shape index (κ3) is 3.71. The predicted octanol–water partition coefficient (Wildman–Crippen LogP) is -0.898. The summed E-state index contributed by atoms with van der Waals surface area (Å²) >= 11 is 2.01. The molecule has 0 atom stereocenters. The normalized spacial score (nSPS) is 7.50. The van der Waals surface area contributed by atoms with Gasteiger partial charge in [0.15, 0.2) is 0 Å². The maximum absolute atomic E-state index is 4.16. The third-order valence-corrected chi connectivity index (χ3v) is 2.14. The van der Waals surface area contributed by atoms with Crippen LogP contribution in [0.5, 0.6) is 0 Å². The van der Waals surface area contributed by atoms with Crippen LogP contribution in [0.1, 0.15) is 0 Å². The van der Waals surface area contributed by atoms with E-state index in [1.807, 2.05) is 0 Å². The first kappa shape index (κ1) is 5.71. The SMILES string of the molecule is [Po][O][O][Po]. The van der Waals surface area contributed by atoms with Crippen LogP contribution in [0.3, 0.4) is 0 Å². The van der Waals surface area contributed by atoms with Crippen molar-refractivity contribution in [1.82, 2.24) is 0 Å². The Balaban J connectivity index is 1.97. The zero-order chi connectivity index (χ0) is 3.41. The molecule has 0 aliphatic heterocycles. The van der Waals surface area contributed by atoms with Crippen molar-refractivity contribution in [3.05, 3.63) is 0 Å². The van der Waals surface area contributed by atoms with E-state index in [1.165, 1.54) is 0 Å². The van der Waals surface area contributed by atoms with E-state index < -0.39 is 0 Å². The van der Waals surface area contributed by atoms with Gasteiger partial charge in [0.25, 0.3) is 0 Å². The molecule has 0 saturated carbocycles. The second-order valence-corrected chi connectivity index (χ2v) is 1.19. The second kappa shape index (κ2) is 4.71. The molecule has 0 saturated heterocycles. The predicted molar refractivity (Wildman–Crippen MR) is 13.7 cm³/mol. The van der Waals surface area contributed by atoms with E-state index in [-0.39, 0.29) is 0 Å². The van der Waals surface area contributed by atoms with Crippen LogP contribution in [0.4, 0.5) is 0 Å². The summed E-state index contributed by atoms with van der Waals surface area (Å²) in [6.07, 6.45) is 0. The Morgan fingerprint density at radius 2 is 1.25 bits per heavy atom. The zero-order valence-corrected chi connectivity index (χ0v) is 7.98. The molecular weight excluding hydrogens is 450 g/mol. The van der Waals surface area contributed by atoms with Gasteiger partial charge in [0, 0.05) is 0 Å². The van der Waals surface area contributed by atoms with Crippen LogP contribution < -0.4 is 0 Å². The molecule has 0 rings (SSSR count). The van der Waals surface area contributed by atoms with Crippen molar-refractivity contribution in [2.75, 3.05) is 0 Å². The fourth-order valence-electron chi connectivity index (χ4n) is 0. The Labute approximate surface area is 56.3 Å². The van der Waals surface area contributed by atoms with E-state index >= 15 is 0 Å². The Hall–Kier alpha value is 1.71. The molecule has 0 fully saturated rings. The Morgan fingerprint density at radius 3 is 1.25 bits per heavy atom. The molecule has 24 valence electrons. The van der Waals surface area contributed by atoms with Gasteiger partial charge in [0.05, 0.1) is 0 Å². The zero-order valence-electron chi connectivity index (χ0n) is 1.63. The topological polar surface area (TPSA) is 18.5 Å². The van der Waals surface area contributed by atoms with Crippen LogP contribution in [-0.4, -0.2) is 51.0 Å². The summed E-state index contributed by atoms with van der Waals surface area (Å²) in [6.45, 7) is 0. The molecule has 0 amide bonds. The van der Waals surface area contributed by atoms with E-state index in [0.29, 0.717) is 0 Å². The van der Waals surface area contributed by atoms with Crippen LogP contribution in [0, 0.1) is 0 Å². The third-order valence-electron chi connectivity index (χ3n) is 0.0278. The van der Waals surface area contributed by atoms with Gasteiger partial charge in [-0.2, -0.15) is 0 Å². The molecule has 4 heavy (non-hydrogen) atoms. The summed E-state index contributed by atoms with van der Waals surface area (Å²) in [5, 5.41) is 0. The van der Waals surface area contributed by atoms with E-state index in [4.69, 9.17) is 0 Å². The van der Waals surface area contributed by atoms with E-state index in [9.17, 15) is 0 Å². The van der Waals surface area contributed by atoms with E-state index in [1.54, 1.807) is 0 Å². The van der Waals surface area contributed by atoms with Crippen LogP contribution in [-0.2, 0) is 5.84 Å². The standard InChI is InChI=1S/O2.2Po/c1-2;;/q-2;2*+1. The molecule has 0 bridgehead atoms. The minimum atomic E-state index is 1.00. The molecule has 0 unspecified atom stereocenters. The van der Waals surface area contributed by atoms with Gasteiger partial charge in [-0.15, -0.1) is 0 Å². The molecule has 0 heterocycles. The molecule has 0 aliphatic rings. The van der Waals surface area contributed by atoms with Crippen molar-refractivity contribution < 1.29 is 5.84 Å². The average Bonchev–Trinajstić information content (AvgIpc) is 1.37. The molecule has 0 N–H and O–H groups in total. The fourth-order valence-corrected chi connectivity index (χ4v) is 0. The Kier molecular flexibility index (Phi) is 6.73. The van der Waals surface area contributed by atoms with Gasteiger partial charge in [-0.3, -0.25) is 0 Å². The Morgan fingerprint density at radius 1 is 1.00 bits per heavy atom. The fraction of sp³-hybridized carbons (Fsp3) is 0. The van der Waals surface area contributed by atoms with Gasteiger partial charge in [-0.05, 0) is 0 Å². The molecule has 0 aromatic heterocycles. The summed E-state index contributed by atoms with van der Waals surface area (Å²) in [6, 6.07) is 0. The van der Waals surface area contributed by atoms with Gasteiger partial charge in [0.1, 0.15) is 0 Å². The molecule has 4 heteroatoms. The van der Waals surface area contributed by atoms with Crippen LogP contribution >= 0.6 is 0 Å². The molecule has 0 aliphatic carbocycles. The van der Waals surface area contributed by atoms with Crippen LogP contribution in [0.25, 0.3) is 0 Å². The second-order valence-electron chi connectivity index (χ2n) is 0.136.